The summed E-state index contributed by atoms with van der Waals surface area (Å²) in [6.07, 6.45) is 1.80. The first-order valence-corrected chi connectivity index (χ1v) is 5.46. The maximum atomic E-state index is 11.9. The molecule has 1 saturated carbocycles. The van der Waals surface area contributed by atoms with Crippen LogP contribution in [0.25, 0.3) is 0 Å². The van der Waals surface area contributed by atoms with Gasteiger partial charge in [-0.2, -0.15) is 0 Å². The fraction of sp³-hybridized carbons (Fsp3) is 0.300. The maximum absolute atomic E-state index is 11.9. The van der Waals surface area contributed by atoms with E-state index in [1.807, 2.05) is 0 Å². The van der Waals surface area contributed by atoms with Crippen LogP contribution in [-0.4, -0.2) is 15.5 Å². The molecule has 1 aromatic rings. The minimum atomic E-state index is -0.462. The van der Waals surface area contributed by atoms with Gasteiger partial charge in [-0.3, -0.25) is 14.9 Å². The van der Waals surface area contributed by atoms with Gasteiger partial charge in [-0.05, 0) is 18.9 Å². The van der Waals surface area contributed by atoms with Gasteiger partial charge in [0.15, 0.2) is 5.78 Å². The summed E-state index contributed by atoms with van der Waals surface area (Å²) in [5.74, 6) is 0.0752. The largest absolute Gasteiger partial charge is 0.293 e. The summed E-state index contributed by atoms with van der Waals surface area (Å²) in [4.78, 5) is 22.9. The zero-order valence-corrected chi connectivity index (χ0v) is 8.54. The minimum absolute atomic E-state index is 0.000370. The van der Waals surface area contributed by atoms with Crippen LogP contribution in [0.1, 0.15) is 23.2 Å². The van der Waals surface area contributed by atoms with Gasteiger partial charge in [0, 0.05) is 22.6 Å². The molecule has 76 valence electrons. The van der Waals surface area contributed by atoms with E-state index in [2.05, 4.69) is 0 Å². The number of non-ortho nitro benzene ring substituents is 1. The third-order valence-corrected chi connectivity index (χ3v) is 4.40. The number of hydrogen-bond donors (Lipinski definition) is 0. The molecule has 1 fully saturated rings. The van der Waals surface area contributed by atoms with Gasteiger partial charge in [0.2, 0.25) is 0 Å². The number of Topliss-reactive ketones (excluding diaryl/α,β-unsaturated/α-hetero) is 1. The van der Waals surface area contributed by atoms with E-state index in [0.717, 1.165) is 17.7 Å². The van der Waals surface area contributed by atoms with Crippen molar-refractivity contribution >= 4 is 23.2 Å². The normalized spacial score (nSPS) is 20.4. The molecule has 0 atom stereocenters. The number of fused-ring (bicyclic) bond motifs is 1. The van der Waals surface area contributed by atoms with Crippen LogP contribution in [0, 0.1) is 10.1 Å². The van der Waals surface area contributed by atoms with Crippen LogP contribution in [0.15, 0.2) is 23.1 Å². The predicted molar refractivity (Wildman–Crippen MR) is 55.2 cm³/mol. The summed E-state index contributed by atoms with van der Waals surface area (Å²) in [6.45, 7) is 0. The molecular weight excluding hydrogens is 214 g/mol. The highest BCUT2D eigenvalue weighted by atomic mass is 32.2. The first-order valence-electron chi connectivity index (χ1n) is 4.65. The Morgan fingerprint density at radius 1 is 1.40 bits per heavy atom. The summed E-state index contributed by atoms with van der Waals surface area (Å²) >= 11 is 1.56. The molecule has 0 aromatic heterocycles. The van der Waals surface area contributed by atoms with E-state index in [4.69, 9.17) is 0 Å². The lowest BCUT2D eigenvalue weighted by Gasteiger charge is -1.97. The van der Waals surface area contributed by atoms with Crippen molar-refractivity contribution in [3.8, 4) is 0 Å². The number of carbonyl (C=O) groups excluding carboxylic acids is 1. The second kappa shape index (κ2) is 2.61. The zero-order chi connectivity index (χ0) is 10.6. The lowest BCUT2D eigenvalue weighted by Crippen LogP contribution is -2.11. The Morgan fingerprint density at radius 2 is 2.13 bits per heavy atom. The summed E-state index contributed by atoms with van der Waals surface area (Å²) in [6, 6.07) is 4.54. The van der Waals surface area contributed by atoms with Gasteiger partial charge in [0.25, 0.3) is 5.69 Å². The van der Waals surface area contributed by atoms with Crippen LogP contribution >= 0.6 is 11.8 Å². The van der Waals surface area contributed by atoms with Gasteiger partial charge in [0.05, 0.1) is 9.67 Å². The quantitative estimate of drug-likeness (QED) is 0.539. The molecule has 4 nitrogen and oxygen atoms in total. The predicted octanol–water partition coefficient (Wildman–Crippen LogP) is 2.42. The van der Waals surface area contributed by atoms with Crippen molar-refractivity contribution in [3.63, 3.8) is 0 Å². The van der Waals surface area contributed by atoms with Gasteiger partial charge >= 0.3 is 0 Å². The van der Waals surface area contributed by atoms with E-state index in [-0.39, 0.29) is 16.2 Å². The van der Waals surface area contributed by atoms with Crippen LogP contribution in [0.4, 0.5) is 5.69 Å². The first kappa shape index (κ1) is 8.91. The average Bonchev–Trinajstić information content (AvgIpc) is 2.92. The molecule has 1 spiro atoms. The zero-order valence-electron chi connectivity index (χ0n) is 7.73. The number of nitro benzene ring substituents is 1. The van der Waals surface area contributed by atoms with Crippen molar-refractivity contribution in [3.05, 3.63) is 33.9 Å². The van der Waals surface area contributed by atoms with Crippen molar-refractivity contribution < 1.29 is 9.72 Å². The minimum Gasteiger partial charge on any atom is -0.293 e. The van der Waals surface area contributed by atoms with Crippen molar-refractivity contribution in [2.45, 2.75) is 22.5 Å². The Bertz CT molecular complexity index is 493. The second-order valence-corrected chi connectivity index (χ2v) is 5.29. The van der Waals surface area contributed by atoms with Crippen molar-refractivity contribution in [2.75, 3.05) is 0 Å². The Morgan fingerprint density at radius 3 is 2.73 bits per heavy atom. The van der Waals surface area contributed by atoms with Crippen molar-refractivity contribution in [1.29, 1.82) is 0 Å². The number of ketones is 1. The molecule has 1 aliphatic heterocycles. The highest BCUT2D eigenvalue weighted by molar-refractivity contribution is 8.02. The highest BCUT2D eigenvalue weighted by Crippen LogP contribution is 2.59. The standard InChI is InChI=1S/C10H7NO3S/c12-9-7-5-6(11(13)14)1-2-8(7)15-10(9)3-4-10/h1-2,5H,3-4H2. The highest BCUT2D eigenvalue weighted by Gasteiger charge is 2.55. The number of benzene rings is 1. The number of nitrogens with zero attached hydrogens (tertiary/aromatic N) is 1. The molecule has 5 heteroatoms. The van der Waals surface area contributed by atoms with E-state index >= 15 is 0 Å². The molecule has 1 aliphatic carbocycles. The Labute approximate surface area is 89.8 Å². The topological polar surface area (TPSA) is 60.2 Å². The molecule has 0 radical (unpaired) electrons. The third kappa shape index (κ3) is 1.13. The number of nitro groups is 1. The molecule has 0 N–H and O–H groups in total. The monoisotopic (exact) mass is 221 g/mol. The number of thioether (sulfide) groups is 1. The van der Waals surface area contributed by atoms with E-state index in [1.165, 1.54) is 12.1 Å². The number of rotatable bonds is 1. The van der Waals surface area contributed by atoms with Crippen molar-refractivity contribution in [1.82, 2.24) is 0 Å². The second-order valence-electron chi connectivity index (χ2n) is 3.86. The fourth-order valence-corrected chi connectivity index (χ4v) is 3.17. The Hall–Kier alpha value is -1.36. The molecule has 3 rings (SSSR count). The van der Waals surface area contributed by atoms with Crippen LogP contribution in [0.2, 0.25) is 0 Å². The van der Waals surface area contributed by atoms with Gasteiger partial charge in [0.1, 0.15) is 0 Å². The molecular formula is C10H7NO3S. The summed E-state index contributed by atoms with van der Waals surface area (Å²) in [7, 11) is 0. The average molecular weight is 221 g/mol. The molecule has 1 aromatic carbocycles. The van der Waals surface area contributed by atoms with Gasteiger partial charge in [-0.1, -0.05) is 0 Å². The van der Waals surface area contributed by atoms with Crippen LogP contribution in [-0.2, 0) is 0 Å². The smallest absolute Gasteiger partial charge is 0.270 e. The van der Waals surface area contributed by atoms with Gasteiger partial charge in [-0.25, -0.2) is 0 Å². The van der Waals surface area contributed by atoms with E-state index < -0.39 is 4.92 Å². The van der Waals surface area contributed by atoms with E-state index in [0.29, 0.717) is 5.56 Å². The molecule has 15 heavy (non-hydrogen) atoms. The lowest BCUT2D eigenvalue weighted by molar-refractivity contribution is -0.384. The van der Waals surface area contributed by atoms with Gasteiger partial charge in [-0.15, -0.1) is 11.8 Å². The van der Waals surface area contributed by atoms with E-state index in [9.17, 15) is 14.9 Å². The summed E-state index contributed by atoms with van der Waals surface area (Å²) in [5, 5.41) is 10.6. The number of carbonyl (C=O) groups is 1. The van der Waals surface area contributed by atoms with Crippen LogP contribution < -0.4 is 0 Å². The molecule has 0 saturated heterocycles. The molecule has 0 bridgehead atoms. The first-order chi connectivity index (χ1) is 7.12. The molecule has 0 amide bonds. The molecule has 2 aliphatic rings. The van der Waals surface area contributed by atoms with Gasteiger partial charge < -0.3 is 0 Å². The third-order valence-electron chi connectivity index (χ3n) is 2.84. The maximum Gasteiger partial charge on any atom is 0.270 e. The fourth-order valence-electron chi connectivity index (χ4n) is 1.84. The summed E-state index contributed by atoms with van der Waals surface area (Å²) in [5.41, 5.74) is 0.534. The van der Waals surface area contributed by atoms with Crippen LogP contribution in [0.3, 0.4) is 0 Å². The van der Waals surface area contributed by atoms with E-state index in [1.54, 1.807) is 17.8 Å². The SMILES string of the molecule is O=C1c2cc([N+](=O)[O-])ccc2SC12CC2. The lowest BCUT2D eigenvalue weighted by atomic mass is 10.1. The molecule has 1 heterocycles. The van der Waals surface area contributed by atoms with Crippen molar-refractivity contribution in [2.24, 2.45) is 0 Å². The van der Waals surface area contributed by atoms with Crippen LogP contribution in [0.5, 0.6) is 0 Å². The summed E-state index contributed by atoms with van der Waals surface area (Å²) < 4.78 is -0.252. The number of hydrogen-bond acceptors (Lipinski definition) is 4. The Kier molecular flexibility index (Phi) is 1.55. The Balaban J connectivity index is 2.11. The molecule has 0 unspecified atom stereocenters.